The number of methoxy groups -OCH3 is 1. The maximum atomic E-state index is 14.3. The van der Waals surface area contributed by atoms with E-state index in [1.165, 1.54) is 56.6 Å². The third-order valence-corrected chi connectivity index (χ3v) is 6.21. The van der Waals surface area contributed by atoms with Gasteiger partial charge in [-0.2, -0.15) is 8.78 Å². The van der Waals surface area contributed by atoms with E-state index in [2.05, 4.69) is 10.3 Å². The molecule has 1 aromatic heterocycles. The summed E-state index contributed by atoms with van der Waals surface area (Å²) in [5.74, 6) is -5.79. The molecule has 0 unspecified atom stereocenters. The summed E-state index contributed by atoms with van der Waals surface area (Å²) in [6.45, 7) is 1.36. The number of hydrogen-bond donors (Lipinski definition) is 1. The number of rotatable bonds is 7. The molecule has 0 radical (unpaired) electrons. The van der Waals surface area contributed by atoms with Crippen molar-refractivity contribution in [3.05, 3.63) is 83.2 Å². The molecule has 0 spiro atoms. The Morgan fingerprint density at radius 1 is 1.09 bits per heavy atom. The van der Waals surface area contributed by atoms with Gasteiger partial charge in [-0.15, -0.1) is 0 Å². The van der Waals surface area contributed by atoms with E-state index in [0.717, 1.165) is 12.1 Å². The summed E-state index contributed by atoms with van der Waals surface area (Å²) in [6, 6.07) is 10.2. The molecular formula is C26H22F4N2O3. The third kappa shape index (κ3) is 4.62. The van der Waals surface area contributed by atoms with Crippen LogP contribution in [0.2, 0.25) is 0 Å². The molecule has 5 nitrogen and oxygen atoms in total. The summed E-state index contributed by atoms with van der Waals surface area (Å²) < 4.78 is 60.3. The van der Waals surface area contributed by atoms with Gasteiger partial charge in [0.05, 0.1) is 18.1 Å². The van der Waals surface area contributed by atoms with E-state index in [-0.39, 0.29) is 22.5 Å². The quantitative estimate of drug-likeness (QED) is 0.329. The average molecular weight is 486 g/mol. The molecule has 4 rings (SSSR count). The molecule has 35 heavy (non-hydrogen) atoms. The van der Waals surface area contributed by atoms with Crippen LogP contribution in [-0.2, 0) is 20.9 Å². The molecule has 1 fully saturated rings. The van der Waals surface area contributed by atoms with Gasteiger partial charge in [-0.05, 0) is 42.7 Å². The van der Waals surface area contributed by atoms with Crippen LogP contribution in [0.1, 0.15) is 47.8 Å². The van der Waals surface area contributed by atoms with Crippen LogP contribution in [0.25, 0.3) is 11.1 Å². The molecule has 1 aliphatic rings. The van der Waals surface area contributed by atoms with Crippen molar-refractivity contribution < 1.29 is 31.9 Å². The SMILES string of the molecule is CCC(F)(F)c1ccc(-c2ccc(NC(=O)C3(c4ccc(F)cc4F)CC3)cc2C(=O)OC)cn1. The number of hydrogen-bond acceptors (Lipinski definition) is 4. The van der Waals surface area contributed by atoms with Crippen molar-refractivity contribution in [2.75, 3.05) is 12.4 Å². The molecule has 0 aliphatic heterocycles. The second-order valence-corrected chi connectivity index (χ2v) is 8.40. The number of benzene rings is 2. The monoisotopic (exact) mass is 486 g/mol. The minimum Gasteiger partial charge on any atom is -0.465 e. The van der Waals surface area contributed by atoms with Crippen molar-refractivity contribution in [2.45, 2.75) is 37.5 Å². The first-order chi connectivity index (χ1) is 16.6. The standard InChI is InChI=1S/C26H22F4N2O3/c1-3-26(29,30)22-9-4-15(14-31-22)18-7-6-17(13-19(18)23(33)35-2)32-24(34)25(10-11-25)20-8-5-16(27)12-21(20)28/h4-9,12-14H,3,10-11H2,1-2H3,(H,32,34). The van der Waals surface area contributed by atoms with Gasteiger partial charge < -0.3 is 10.1 Å². The van der Waals surface area contributed by atoms with E-state index in [1.54, 1.807) is 0 Å². The Kier molecular flexibility index (Phi) is 6.36. The maximum Gasteiger partial charge on any atom is 0.338 e. The number of ether oxygens (including phenoxy) is 1. The van der Waals surface area contributed by atoms with Crippen LogP contribution in [-0.4, -0.2) is 24.0 Å². The van der Waals surface area contributed by atoms with Crippen molar-refractivity contribution in [3.8, 4) is 11.1 Å². The third-order valence-electron chi connectivity index (χ3n) is 6.21. The number of esters is 1. The lowest BCUT2D eigenvalue weighted by Gasteiger charge is -2.18. The lowest BCUT2D eigenvalue weighted by molar-refractivity contribution is -0.118. The molecule has 1 amide bonds. The normalized spacial score (nSPS) is 14.3. The Morgan fingerprint density at radius 3 is 2.40 bits per heavy atom. The second-order valence-electron chi connectivity index (χ2n) is 8.40. The topological polar surface area (TPSA) is 68.3 Å². The van der Waals surface area contributed by atoms with E-state index in [0.29, 0.717) is 24.0 Å². The number of nitrogens with zero attached hydrogens (tertiary/aromatic N) is 1. The summed E-state index contributed by atoms with van der Waals surface area (Å²) in [5, 5.41) is 2.70. The van der Waals surface area contributed by atoms with Gasteiger partial charge in [-0.25, -0.2) is 13.6 Å². The Bertz CT molecular complexity index is 1290. The molecule has 3 aromatic rings. The molecule has 0 atom stereocenters. The van der Waals surface area contributed by atoms with E-state index in [4.69, 9.17) is 4.74 Å². The fourth-order valence-corrected chi connectivity index (χ4v) is 3.98. The largest absolute Gasteiger partial charge is 0.465 e. The smallest absolute Gasteiger partial charge is 0.338 e. The zero-order valence-electron chi connectivity index (χ0n) is 19.0. The summed E-state index contributed by atoms with van der Waals surface area (Å²) in [5.41, 5.74) is -0.266. The van der Waals surface area contributed by atoms with Gasteiger partial charge in [0.2, 0.25) is 5.91 Å². The lowest BCUT2D eigenvalue weighted by Crippen LogP contribution is -2.29. The Hall–Kier alpha value is -3.75. The first-order valence-corrected chi connectivity index (χ1v) is 11.0. The zero-order chi connectivity index (χ0) is 25.4. The first kappa shape index (κ1) is 24.4. The van der Waals surface area contributed by atoms with Gasteiger partial charge in [-0.3, -0.25) is 9.78 Å². The number of carbonyl (C=O) groups is 2. The fourth-order valence-electron chi connectivity index (χ4n) is 3.98. The molecule has 1 N–H and O–H groups in total. The van der Waals surface area contributed by atoms with Crippen LogP contribution in [0.15, 0.2) is 54.7 Å². The summed E-state index contributed by atoms with van der Waals surface area (Å²) in [7, 11) is 1.19. The number of nitrogens with one attached hydrogen (secondary N) is 1. The zero-order valence-corrected chi connectivity index (χ0v) is 19.0. The van der Waals surface area contributed by atoms with Crippen LogP contribution in [0, 0.1) is 11.6 Å². The molecular weight excluding hydrogens is 464 g/mol. The minimum atomic E-state index is -3.07. The number of carbonyl (C=O) groups excluding carboxylic acids is 2. The molecule has 0 saturated heterocycles. The summed E-state index contributed by atoms with van der Waals surface area (Å²) in [6.07, 6.45) is 1.63. The number of amides is 1. The fraction of sp³-hybridized carbons (Fsp3) is 0.269. The number of anilines is 1. The highest BCUT2D eigenvalue weighted by molar-refractivity contribution is 6.04. The Labute approximate surface area is 199 Å². The second kappa shape index (κ2) is 9.13. The van der Waals surface area contributed by atoms with Gasteiger partial charge in [0.15, 0.2) is 0 Å². The first-order valence-electron chi connectivity index (χ1n) is 11.0. The average Bonchev–Trinajstić information content (AvgIpc) is 3.65. The molecule has 1 saturated carbocycles. The number of aromatic nitrogens is 1. The molecule has 1 heterocycles. The summed E-state index contributed by atoms with van der Waals surface area (Å²) in [4.78, 5) is 29.3. The van der Waals surface area contributed by atoms with Crippen molar-refractivity contribution in [1.82, 2.24) is 4.98 Å². The Morgan fingerprint density at radius 2 is 1.83 bits per heavy atom. The van der Waals surface area contributed by atoms with Crippen LogP contribution < -0.4 is 5.32 Å². The number of halogens is 4. The molecule has 2 aromatic carbocycles. The predicted molar refractivity (Wildman–Crippen MR) is 121 cm³/mol. The van der Waals surface area contributed by atoms with Gasteiger partial charge in [0.1, 0.15) is 17.3 Å². The van der Waals surface area contributed by atoms with Crippen LogP contribution >= 0.6 is 0 Å². The van der Waals surface area contributed by atoms with E-state index >= 15 is 0 Å². The van der Waals surface area contributed by atoms with Crippen molar-refractivity contribution in [1.29, 1.82) is 0 Å². The van der Waals surface area contributed by atoms with Gasteiger partial charge in [0.25, 0.3) is 5.92 Å². The van der Waals surface area contributed by atoms with Crippen LogP contribution in [0.3, 0.4) is 0 Å². The van der Waals surface area contributed by atoms with Crippen molar-refractivity contribution in [3.63, 3.8) is 0 Å². The molecule has 9 heteroatoms. The molecule has 182 valence electrons. The summed E-state index contributed by atoms with van der Waals surface area (Å²) >= 11 is 0. The number of alkyl halides is 2. The van der Waals surface area contributed by atoms with E-state index in [9.17, 15) is 27.2 Å². The van der Waals surface area contributed by atoms with E-state index in [1.807, 2.05) is 0 Å². The Balaban J connectivity index is 1.63. The van der Waals surface area contributed by atoms with Gasteiger partial charge in [0, 0.05) is 35.5 Å². The molecule has 0 bridgehead atoms. The number of pyridine rings is 1. The van der Waals surface area contributed by atoms with Crippen molar-refractivity contribution in [2.24, 2.45) is 0 Å². The minimum absolute atomic E-state index is 0.0833. The van der Waals surface area contributed by atoms with E-state index < -0.39 is 41.3 Å². The highest BCUT2D eigenvalue weighted by atomic mass is 19.3. The molecule has 1 aliphatic carbocycles. The van der Waals surface area contributed by atoms with Crippen molar-refractivity contribution >= 4 is 17.6 Å². The lowest BCUT2D eigenvalue weighted by atomic mass is 9.94. The highest BCUT2D eigenvalue weighted by Crippen LogP contribution is 2.50. The van der Waals surface area contributed by atoms with Gasteiger partial charge >= 0.3 is 5.97 Å². The van der Waals surface area contributed by atoms with Crippen LogP contribution in [0.5, 0.6) is 0 Å². The van der Waals surface area contributed by atoms with Crippen LogP contribution in [0.4, 0.5) is 23.2 Å². The van der Waals surface area contributed by atoms with Gasteiger partial charge in [-0.1, -0.05) is 25.1 Å². The maximum absolute atomic E-state index is 14.3. The highest BCUT2D eigenvalue weighted by Gasteiger charge is 2.52. The predicted octanol–water partition coefficient (Wildman–Crippen LogP) is 5.99.